The minimum absolute atomic E-state index is 0.00724. The fraction of sp³-hybridized carbons (Fsp3) is 0.875. The number of nitriles is 1. The summed E-state index contributed by atoms with van der Waals surface area (Å²) >= 11 is 1.76. The lowest BCUT2D eigenvalue weighted by molar-refractivity contribution is -0.922. The number of amides is 1. The second kappa shape index (κ2) is 9.59. The lowest BCUT2D eigenvalue weighted by Gasteiger charge is -2.38. The minimum Gasteiger partial charge on any atom is -0.613 e. The summed E-state index contributed by atoms with van der Waals surface area (Å²) in [5.74, 6) is 2.30. The van der Waals surface area contributed by atoms with E-state index >= 15 is 0 Å². The molecule has 8 heteroatoms. The van der Waals surface area contributed by atoms with Crippen LogP contribution in [0.1, 0.15) is 33.1 Å². The first-order chi connectivity index (χ1) is 11.5. The van der Waals surface area contributed by atoms with Crippen molar-refractivity contribution in [3.63, 3.8) is 0 Å². The molecule has 0 aliphatic carbocycles. The van der Waals surface area contributed by atoms with Gasteiger partial charge in [0, 0.05) is 50.5 Å². The fourth-order valence-electron chi connectivity index (χ4n) is 3.15. The highest BCUT2D eigenvalue weighted by atomic mass is 32.2. The Hall–Kier alpha value is -0.850. The molecule has 2 saturated heterocycles. The van der Waals surface area contributed by atoms with E-state index in [4.69, 9.17) is 5.26 Å². The van der Waals surface area contributed by atoms with Crippen LogP contribution in [0.3, 0.4) is 0 Å². The lowest BCUT2D eigenvalue weighted by Crippen LogP contribution is -3.18. The molecule has 2 aliphatic heterocycles. The van der Waals surface area contributed by atoms with Crippen LogP contribution in [0.4, 0.5) is 0 Å². The van der Waals surface area contributed by atoms with Gasteiger partial charge in [0.2, 0.25) is 5.91 Å². The Labute approximate surface area is 148 Å². The number of rotatable bonds is 7. The van der Waals surface area contributed by atoms with E-state index in [2.05, 4.69) is 16.4 Å². The number of carbonyl (C=O) groups excluding carboxylic acids is 1. The van der Waals surface area contributed by atoms with Crippen molar-refractivity contribution in [2.75, 3.05) is 37.8 Å². The first-order valence-corrected chi connectivity index (χ1v) is 9.93. The van der Waals surface area contributed by atoms with Gasteiger partial charge in [0.15, 0.2) is 0 Å². The van der Waals surface area contributed by atoms with Crippen LogP contribution in [-0.2, 0) is 4.79 Å². The van der Waals surface area contributed by atoms with Crippen LogP contribution < -0.4 is 10.6 Å². The zero-order chi connectivity index (χ0) is 17.5. The Kier molecular flexibility index (Phi) is 7.78. The SMILES string of the molecule is CC(C)CC(=O)N1CCC([NH+]([O-])NCCN2CSCC2C#N)CC1. The lowest BCUT2D eigenvalue weighted by atomic mass is 10.0. The van der Waals surface area contributed by atoms with Crippen molar-refractivity contribution in [1.29, 1.82) is 5.26 Å². The van der Waals surface area contributed by atoms with Crippen molar-refractivity contribution < 1.29 is 9.97 Å². The summed E-state index contributed by atoms with van der Waals surface area (Å²) in [5, 5.41) is 21.4. The highest BCUT2D eigenvalue weighted by molar-refractivity contribution is 7.99. The van der Waals surface area contributed by atoms with Crippen LogP contribution in [0.5, 0.6) is 0 Å². The smallest absolute Gasteiger partial charge is 0.222 e. The molecule has 2 atom stereocenters. The van der Waals surface area contributed by atoms with Crippen molar-refractivity contribution in [1.82, 2.24) is 15.2 Å². The minimum atomic E-state index is -0.0258. The Morgan fingerprint density at radius 2 is 2.17 bits per heavy atom. The number of hydroxylamine groups is 1. The first kappa shape index (κ1) is 19.5. The first-order valence-electron chi connectivity index (χ1n) is 8.78. The number of thioether (sulfide) groups is 1. The maximum Gasteiger partial charge on any atom is 0.222 e. The monoisotopic (exact) mass is 355 g/mol. The average molecular weight is 356 g/mol. The topological polar surface area (TPSA) is 86.9 Å². The van der Waals surface area contributed by atoms with E-state index in [0.717, 1.165) is 31.0 Å². The summed E-state index contributed by atoms with van der Waals surface area (Å²) in [5.41, 5.74) is 3.00. The van der Waals surface area contributed by atoms with E-state index < -0.39 is 0 Å². The van der Waals surface area contributed by atoms with Crippen LogP contribution in [0.2, 0.25) is 0 Å². The zero-order valence-electron chi connectivity index (χ0n) is 14.7. The average Bonchev–Trinajstić information content (AvgIpc) is 3.01. The normalized spacial score (nSPS) is 24.3. The summed E-state index contributed by atoms with van der Waals surface area (Å²) < 4.78 is 0. The molecule has 24 heavy (non-hydrogen) atoms. The number of quaternary nitrogens is 1. The van der Waals surface area contributed by atoms with Crippen molar-refractivity contribution in [2.45, 2.75) is 45.2 Å². The molecule has 0 aromatic heterocycles. The van der Waals surface area contributed by atoms with Gasteiger partial charge in [-0.05, 0) is 5.92 Å². The molecule has 0 bridgehead atoms. The van der Waals surface area contributed by atoms with Crippen LogP contribution >= 0.6 is 11.8 Å². The largest absolute Gasteiger partial charge is 0.613 e. The Balaban J connectivity index is 1.65. The molecule has 0 aromatic carbocycles. The highest BCUT2D eigenvalue weighted by Gasteiger charge is 2.28. The number of nitrogens with one attached hydrogen (secondary N) is 2. The summed E-state index contributed by atoms with van der Waals surface area (Å²) in [4.78, 5) is 16.1. The second-order valence-electron chi connectivity index (χ2n) is 7.00. The van der Waals surface area contributed by atoms with Crippen molar-refractivity contribution in [2.24, 2.45) is 5.92 Å². The van der Waals surface area contributed by atoms with Gasteiger partial charge < -0.3 is 10.1 Å². The van der Waals surface area contributed by atoms with Gasteiger partial charge in [0.25, 0.3) is 0 Å². The standard InChI is InChI=1S/C16H29N5O2S/c1-13(2)9-16(22)19-6-3-14(4-7-19)21(23)18-5-8-20-12-24-11-15(20)10-17/h13-15,18,21H,3-9,11-12H2,1-2H3. The maximum atomic E-state index is 12.3. The van der Waals surface area contributed by atoms with Gasteiger partial charge in [-0.1, -0.05) is 13.8 Å². The number of nitrogens with zero attached hydrogens (tertiary/aromatic N) is 3. The third kappa shape index (κ3) is 5.60. The Morgan fingerprint density at radius 1 is 1.46 bits per heavy atom. The molecule has 0 spiro atoms. The third-order valence-corrected chi connectivity index (χ3v) is 5.69. The molecule has 2 heterocycles. The van der Waals surface area contributed by atoms with E-state index in [1.165, 1.54) is 0 Å². The molecule has 0 saturated carbocycles. The summed E-state index contributed by atoms with van der Waals surface area (Å²) in [6.07, 6.45) is 2.08. The van der Waals surface area contributed by atoms with E-state index in [0.29, 0.717) is 32.0 Å². The van der Waals surface area contributed by atoms with E-state index in [1.807, 2.05) is 18.7 Å². The molecule has 2 aliphatic rings. The molecule has 2 N–H and O–H groups in total. The predicted octanol–water partition coefficient (Wildman–Crippen LogP) is -0.191. The van der Waals surface area contributed by atoms with Crippen LogP contribution in [-0.4, -0.2) is 65.6 Å². The van der Waals surface area contributed by atoms with E-state index in [9.17, 15) is 10.0 Å². The number of likely N-dealkylation sites (tertiary alicyclic amines) is 1. The molecule has 0 aromatic rings. The predicted molar refractivity (Wildman–Crippen MR) is 94.8 cm³/mol. The van der Waals surface area contributed by atoms with Crippen molar-refractivity contribution in [3.8, 4) is 6.07 Å². The van der Waals surface area contributed by atoms with Gasteiger partial charge in [-0.15, -0.1) is 11.8 Å². The number of piperidine rings is 1. The molecule has 2 unspecified atom stereocenters. The quantitative estimate of drug-likeness (QED) is 0.616. The van der Waals surface area contributed by atoms with Gasteiger partial charge in [0.1, 0.15) is 12.1 Å². The maximum absolute atomic E-state index is 12.3. The van der Waals surface area contributed by atoms with Crippen LogP contribution in [0.25, 0.3) is 0 Å². The molecule has 136 valence electrons. The molecule has 1 amide bonds. The Morgan fingerprint density at radius 3 is 2.79 bits per heavy atom. The van der Waals surface area contributed by atoms with Crippen molar-refractivity contribution >= 4 is 17.7 Å². The third-order valence-electron chi connectivity index (χ3n) is 4.62. The van der Waals surface area contributed by atoms with Crippen molar-refractivity contribution in [3.05, 3.63) is 5.21 Å². The summed E-state index contributed by atoms with van der Waals surface area (Å²) in [6.45, 7) is 6.78. The molecule has 2 fully saturated rings. The highest BCUT2D eigenvalue weighted by Crippen LogP contribution is 2.19. The second-order valence-corrected chi connectivity index (χ2v) is 8.00. The number of hydrogen-bond donors (Lipinski definition) is 2. The number of hydrogen-bond acceptors (Lipinski definition) is 6. The molecule has 2 rings (SSSR count). The fourth-order valence-corrected chi connectivity index (χ4v) is 4.31. The summed E-state index contributed by atoms with van der Waals surface area (Å²) in [7, 11) is 0. The molecular formula is C16H29N5O2S. The van der Waals surface area contributed by atoms with Crippen LogP contribution in [0.15, 0.2) is 0 Å². The van der Waals surface area contributed by atoms with Gasteiger partial charge in [-0.25, -0.2) is 0 Å². The number of carbonyl (C=O) groups is 1. The molecule has 0 radical (unpaired) electrons. The Bertz CT molecular complexity index is 448. The molecule has 7 nitrogen and oxygen atoms in total. The van der Waals surface area contributed by atoms with Gasteiger partial charge in [-0.3, -0.25) is 14.9 Å². The zero-order valence-corrected chi connectivity index (χ0v) is 15.5. The van der Waals surface area contributed by atoms with Gasteiger partial charge in [-0.2, -0.15) is 10.7 Å². The van der Waals surface area contributed by atoms with E-state index in [-0.39, 0.29) is 23.2 Å². The summed E-state index contributed by atoms with van der Waals surface area (Å²) in [6, 6.07) is 2.28. The van der Waals surface area contributed by atoms with Gasteiger partial charge >= 0.3 is 0 Å². The van der Waals surface area contributed by atoms with Gasteiger partial charge in [0.05, 0.1) is 12.6 Å². The van der Waals surface area contributed by atoms with Crippen LogP contribution in [0, 0.1) is 22.5 Å². The molecular weight excluding hydrogens is 326 g/mol. The van der Waals surface area contributed by atoms with E-state index in [1.54, 1.807) is 11.8 Å².